The molecule has 0 aliphatic heterocycles. The third kappa shape index (κ3) is 5.69. The summed E-state index contributed by atoms with van der Waals surface area (Å²) < 4.78 is 10.2. The Morgan fingerprint density at radius 3 is 1.35 bits per heavy atom. The van der Waals surface area contributed by atoms with Crippen molar-refractivity contribution in [3.05, 3.63) is 0 Å². The summed E-state index contributed by atoms with van der Waals surface area (Å²) in [5.41, 5.74) is -8.06. The highest BCUT2D eigenvalue weighted by Crippen LogP contribution is 2.46. The maximum atomic E-state index is 13.2. The first kappa shape index (κ1) is 27.8. The summed E-state index contributed by atoms with van der Waals surface area (Å²) in [6, 6.07) is 0. The quantitative estimate of drug-likeness (QED) is 0.214. The number of hydrogen-bond donors (Lipinski definition) is 5. The second-order valence-electron chi connectivity index (χ2n) is 6.75. The lowest BCUT2D eigenvalue weighted by atomic mass is 9.65. The number of rotatable bonds is 15. The van der Waals surface area contributed by atoms with Crippen LogP contribution in [0.15, 0.2) is 0 Å². The molecule has 0 aromatic heterocycles. The summed E-state index contributed by atoms with van der Waals surface area (Å²) in [4.78, 5) is 70.9. The molecule has 0 bridgehead atoms. The van der Waals surface area contributed by atoms with Crippen molar-refractivity contribution >= 4 is 35.8 Å². The van der Waals surface area contributed by atoms with Gasteiger partial charge in [0.05, 0.1) is 19.3 Å². The van der Waals surface area contributed by atoms with Crippen LogP contribution in [0.3, 0.4) is 0 Å². The normalized spacial score (nSPS) is 13.6. The van der Waals surface area contributed by atoms with E-state index in [2.05, 4.69) is 0 Å². The zero-order valence-corrected chi connectivity index (χ0v) is 17.2. The van der Waals surface area contributed by atoms with E-state index in [1.54, 1.807) is 0 Å². The van der Waals surface area contributed by atoms with E-state index in [-0.39, 0.29) is 6.61 Å². The van der Waals surface area contributed by atoms with E-state index in [1.807, 2.05) is 0 Å². The molecule has 176 valence electrons. The van der Waals surface area contributed by atoms with Gasteiger partial charge in [0.2, 0.25) is 5.60 Å². The highest BCUT2D eigenvalue weighted by Gasteiger charge is 2.64. The summed E-state index contributed by atoms with van der Waals surface area (Å²) >= 11 is 0. The molecule has 0 amide bonds. The molecule has 0 aliphatic carbocycles. The van der Waals surface area contributed by atoms with E-state index in [9.17, 15) is 44.1 Å². The standard InChI is InChI=1S/C18H26O13/c1-4-16(5-2,18(14(27)28,30-6-3)9-12(23)24)15(29)31-17(13(25)26,7-10(19)20)8-11(21)22/h4-9H2,1-3H3,(H,19,20)(H,21,22)(H,23,24)(H,25,26)(H,27,28). The SMILES string of the molecule is CCOC(CC(=O)O)(C(=O)O)C(CC)(CC)C(=O)OC(CC(=O)O)(CC(=O)O)C(=O)O. The molecule has 0 aromatic rings. The predicted molar refractivity (Wildman–Crippen MR) is 98.2 cm³/mol. The van der Waals surface area contributed by atoms with E-state index in [4.69, 9.17) is 19.7 Å². The van der Waals surface area contributed by atoms with Gasteiger partial charge in [-0.25, -0.2) is 9.59 Å². The third-order valence-corrected chi connectivity index (χ3v) is 5.06. The molecule has 0 spiro atoms. The lowest BCUT2D eigenvalue weighted by molar-refractivity contribution is -0.219. The van der Waals surface area contributed by atoms with Gasteiger partial charge >= 0.3 is 35.8 Å². The summed E-state index contributed by atoms with van der Waals surface area (Å²) in [5.74, 6) is -10.8. The van der Waals surface area contributed by atoms with Crippen molar-refractivity contribution in [3.8, 4) is 0 Å². The zero-order chi connectivity index (χ0) is 24.6. The number of carboxylic acid groups (broad SMARTS) is 5. The molecule has 1 unspecified atom stereocenters. The number of hydrogen-bond acceptors (Lipinski definition) is 8. The molecule has 1 atom stereocenters. The number of carboxylic acids is 5. The average molecular weight is 450 g/mol. The van der Waals surface area contributed by atoms with Gasteiger partial charge < -0.3 is 35.0 Å². The molecule has 31 heavy (non-hydrogen) atoms. The van der Waals surface area contributed by atoms with Crippen molar-refractivity contribution in [2.45, 2.75) is 64.1 Å². The van der Waals surface area contributed by atoms with Crippen molar-refractivity contribution < 1.29 is 63.8 Å². The summed E-state index contributed by atoms with van der Waals surface area (Å²) in [6.45, 7) is 3.61. The Balaban J connectivity index is 6.83. The van der Waals surface area contributed by atoms with Crippen molar-refractivity contribution in [2.75, 3.05) is 6.61 Å². The first-order valence-electron chi connectivity index (χ1n) is 9.19. The van der Waals surface area contributed by atoms with Crippen LogP contribution in [0.25, 0.3) is 0 Å². The van der Waals surface area contributed by atoms with E-state index in [1.165, 1.54) is 20.8 Å². The van der Waals surface area contributed by atoms with Gasteiger partial charge in [-0.3, -0.25) is 19.2 Å². The first-order valence-corrected chi connectivity index (χ1v) is 9.19. The van der Waals surface area contributed by atoms with Crippen molar-refractivity contribution in [3.63, 3.8) is 0 Å². The Morgan fingerprint density at radius 1 is 0.677 bits per heavy atom. The lowest BCUT2D eigenvalue weighted by Gasteiger charge is -2.45. The maximum absolute atomic E-state index is 13.2. The fourth-order valence-electron chi connectivity index (χ4n) is 3.53. The Labute approximate surface area is 176 Å². The molecule has 0 fully saturated rings. The molecule has 13 heteroatoms. The lowest BCUT2D eigenvalue weighted by Crippen LogP contribution is -2.62. The summed E-state index contributed by atoms with van der Waals surface area (Å²) in [7, 11) is 0. The maximum Gasteiger partial charge on any atom is 0.349 e. The van der Waals surface area contributed by atoms with E-state index >= 15 is 0 Å². The van der Waals surface area contributed by atoms with E-state index < -0.39 is 84.5 Å². The number of esters is 1. The molecule has 5 N–H and O–H groups in total. The van der Waals surface area contributed by atoms with Crippen molar-refractivity contribution in [2.24, 2.45) is 5.41 Å². The monoisotopic (exact) mass is 450 g/mol. The third-order valence-electron chi connectivity index (χ3n) is 5.06. The van der Waals surface area contributed by atoms with Crippen LogP contribution in [0.5, 0.6) is 0 Å². The largest absolute Gasteiger partial charge is 0.481 e. The van der Waals surface area contributed by atoms with Gasteiger partial charge in [-0.15, -0.1) is 0 Å². The van der Waals surface area contributed by atoms with E-state index in [0.29, 0.717) is 0 Å². The molecule has 0 radical (unpaired) electrons. The van der Waals surface area contributed by atoms with Crippen LogP contribution in [-0.4, -0.2) is 79.2 Å². The van der Waals surface area contributed by atoms with Gasteiger partial charge in [-0.1, -0.05) is 13.8 Å². The van der Waals surface area contributed by atoms with Crippen LogP contribution in [0.1, 0.15) is 52.9 Å². The Hall–Kier alpha value is -3.22. The van der Waals surface area contributed by atoms with Crippen LogP contribution < -0.4 is 0 Å². The summed E-state index contributed by atoms with van der Waals surface area (Å²) in [5, 5.41) is 46.7. The van der Waals surface area contributed by atoms with Gasteiger partial charge in [0, 0.05) is 6.61 Å². The van der Waals surface area contributed by atoms with Gasteiger partial charge in [0.15, 0.2) is 5.60 Å². The first-order chi connectivity index (χ1) is 14.2. The van der Waals surface area contributed by atoms with Crippen LogP contribution >= 0.6 is 0 Å². The van der Waals surface area contributed by atoms with Crippen LogP contribution in [-0.2, 0) is 38.2 Å². The molecule has 0 saturated carbocycles. The molecular formula is C18H26O13. The van der Waals surface area contributed by atoms with Gasteiger partial charge in [0.25, 0.3) is 0 Å². The Kier molecular flexibility index (Phi) is 9.59. The topological polar surface area (TPSA) is 222 Å². The minimum atomic E-state index is -3.07. The van der Waals surface area contributed by atoms with Crippen LogP contribution in [0.4, 0.5) is 0 Å². The number of ether oxygens (including phenoxy) is 2. The smallest absolute Gasteiger partial charge is 0.349 e. The van der Waals surface area contributed by atoms with Crippen LogP contribution in [0, 0.1) is 5.41 Å². The second-order valence-corrected chi connectivity index (χ2v) is 6.75. The minimum Gasteiger partial charge on any atom is -0.481 e. The molecule has 0 heterocycles. The molecular weight excluding hydrogens is 424 g/mol. The molecule has 0 aliphatic rings. The minimum absolute atomic E-state index is 0.344. The predicted octanol–water partition coefficient (Wildman–Crippen LogP) is 0.443. The van der Waals surface area contributed by atoms with Crippen molar-refractivity contribution in [1.29, 1.82) is 0 Å². The second kappa shape index (κ2) is 10.7. The number of carbonyl (C=O) groups excluding carboxylic acids is 1. The molecule has 13 nitrogen and oxygen atoms in total. The highest BCUT2D eigenvalue weighted by atomic mass is 16.6. The number of aliphatic carboxylic acids is 5. The van der Waals surface area contributed by atoms with Gasteiger partial charge in [-0.2, -0.15) is 0 Å². The fraction of sp³-hybridized carbons (Fsp3) is 0.667. The fourth-order valence-corrected chi connectivity index (χ4v) is 3.53. The summed E-state index contributed by atoms with van der Waals surface area (Å²) in [6.07, 6.45) is -4.88. The van der Waals surface area contributed by atoms with Crippen LogP contribution in [0.2, 0.25) is 0 Å². The molecule has 0 rings (SSSR count). The number of carbonyl (C=O) groups is 6. The van der Waals surface area contributed by atoms with E-state index in [0.717, 1.165) is 0 Å². The molecule has 0 saturated heterocycles. The average Bonchev–Trinajstić information content (AvgIpc) is 2.60. The Morgan fingerprint density at radius 2 is 1.10 bits per heavy atom. The molecule has 0 aromatic carbocycles. The van der Waals surface area contributed by atoms with Gasteiger partial charge in [0.1, 0.15) is 5.41 Å². The highest BCUT2D eigenvalue weighted by molar-refractivity contribution is 5.96. The van der Waals surface area contributed by atoms with Gasteiger partial charge in [-0.05, 0) is 19.8 Å². The zero-order valence-electron chi connectivity index (χ0n) is 17.2. The van der Waals surface area contributed by atoms with Crippen molar-refractivity contribution in [1.82, 2.24) is 0 Å². The Bertz CT molecular complexity index is 721.